The number of hydrogen-bond donors (Lipinski definition) is 0. The predicted molar refractivity (Wildman–Crippen MR) is 90.8 cm³/mol. The van der Waals surface area contributed by atoms with Crippen LogP contribution >= 0.6 is 0 Å². The first kappa shape index (κ1) is 14.9. The highest BCUT2D eigenvalue weighted by atomic mass is 16.2. The van der Waals surface area contributed by atoms with Crippen molar-refractivity contribution in [1.82, 2.24) is 9.88 Å². The zero-order chi connectivity index (χ0) is 16.7. The minimum absolute atomic E-state index is 0.00935. The molecule has 5 heteroatoms. The molecule has 2 aliphatic rings. The number of amides is 2. The van der Waals surface area contributed by atoms with Crippen molar-refractivity contribution >= 4 is 17.5 Å². The molecule has 0 radical (unpaired) electrons. The number of benzene rings is 1. The van der Waals surface area contributed by atoms with Gasteiger partial charge in [0.05, 0.1) is 0 Å². The highest BCUT2D eigenvalue weighted by molar-refractivity contribution is 6.07. The van der Waals surface area contributed by atoms with Crippen LogP contribution in [0.4, 0.5) is 5.69 Å². The van der Waals surface area contributed by atoms with Crippen molar-refractivity contribution in [3.05, 3.63) is 59.9 Å². The van der Waals surface area contributed by atoms with Gasteiger partial charge >= 0.3 is 0 Å². The van der Waals surface area contributed by atoms with Crippen LogP contribution in [-0.2, 0) is 4.79 Å². The molecule has 5 nitrogen and oxygen atoms in total. The Balaban J connectivity index is 1.60. The van der Waals surface area contributed by atoms with Crippen molar-refractivity contribution in [1.29, 1.82) is 0 Å². The molecule has 1 unspecified atom stereocenters. The van der Waals surface area contributed by atoms with Gasteiger partial charge in [-0.25, -0.2) is 0 Å². The van der Waals surface area contributed by atoms with E-state index in [0.717, 1.165) is 18.8 Å². The number of pyridine rings is 1. The smallest absolute Gasteiger partial charge is 0.258 e. The van der Waals surface area contributed by atoms with Gasteiger partial charge in [0, 0.05) is 62.0 Å². The van der Waals surface area contributed by atoms with Crippen LogP contribution in [0.1, 0.15) is 28.8 Å². The third-order valence-corrected chi connectivity index (χ3v) is 5.10. The second kappa shape index (κ2) is 5.74. The van der Waals surface area contributed by atoms with Crippen LogP contribution in [0.2, 0.25) is 0 Å². The summed E-state index contributed by atoms with van der Waals surface area (Å²) in [6.45, 7) is 3.85. The maximum atomic E-state index is 12.9. The molecular formula is C19H19N3O2. The average molecular weight is 321 g/mol. The maximum absolute atomic E-state index is 12.9. The fourth-order valence-corrected chi connectivity index (χ4v) is 3.71. The molecule has 2 aromatic rings. The lowest BCUT2D eigenvalue weighted by molar-refractivity contribution is -0.135. The van der Waals surface area contributed by atoms with Gasteiger partial charge in [-0.15, -0.1) is 0 Å². The molecule has 3 heterocycles. The van der Waals surface area contributed by atoms with E-state index in [0.29, 0.717) is 23.9 Å². The van der Waals surface area contributed by atoms with Gasteiger partial charge in [0.25, 0.3) is 5.91 Å². The minimum Gasteiger partial charge on any atom is -0.342 e. The number of likely N-dealkylation sites (tertiary alicyclic amines) is 1. The van der Waals surface area contributed by atoms with E-state index in [1.54, 1.807) is 31.5 Å². The minimum atomic E-state index is 0.00935. The second-order valence-electron chi connectivity index (χ2n) is 6.50. The Morgan fingerprint density at radius 2 is 1.75 bits per heavy atom. The Bertz CT molecular complexity index is 784. The normalized spacial score (nSPS) is 19.8. The number of hydrogen-bond acceptors (Lipinski definition) is 3. The zero-order valence-corrected chi connectivity index (χ0v) is 13.6. The Hall–Kier alpha value is -2.69. The number of carbonyl (C=O) groups is 2. The van der Waals surface area contributed by atoms with Crippen LogP contribution in [0.5, 0.6) is 0 Å². The summed E-state index contributed by atoms with van der Waals surface area (Å²) in [4.78, 5) is 32.0. The van der Waals surface area contributed by atoms with Gasteiger partial charge in [0.2, 0.25) is 5.91 Å². The van der Waals surface area contributed by atoms with Crippen LogP contribution in [0.3, 0.4) is 0 Å². The third-order valence-electron chi connectivity index (χ3n) is 5.10. The van der Waals surface area contributed by atoms with Gasteiger partial charge < -0.3 is 9.80 Å². The molecule has 0 aliphatic carbocycles. The number of anilines is 1. The molecule has 4 rings (SSSR count). The quantitative estimate of drug-likeness (QED) is 0.853. The SMILES string of the molecule is CC(=O)N1CC(C2CN(C(=O)c3ccncc3)c3ccccc32)C1. The Labute approximate surface area is 140 Å². The number of rotatable bonds is 2. The number of fused-ring (bicyclic) bond motifs is 1. The average Bonchev–Trinajstić information content (AvgIpc) is 2.93. The molecule has 2 amide bonds. The van der Waals surface area contributed by atoms with Crippen molar-refractivity contribution in [3.8, 4) is 0 Å². The molecule has 1 aromatic carbocycles. The van der Waals surface area contributed by atoms with Crippen molar-refractivity contribution in [2.45, 2.75) is 12.8 Å². The molecular weight excluding hydrogens is 302 g/mol. The van der Waals surface area contributed by atoms with E-state index in [9.17, 15) is 9.59 Å². The van der Waals surface area contributed by atoms with E-state index in [1.807, 2.05) is 28.0 Å². The van der Waals surface area contributed by atoms with Crippen molar-refractivity contribution in [2.24, 2.45) is 5.92 Å². The first-order valence-electron chi connectivity index (χ1n) is 8.21. The molecule has 122 valence electrons. The molecule has 1 saturated heterocycles. The summed E-state index contributed by atoms with van der Waals surface area (Å²) in [7, 11) is 0. The summed E-state index contributed by atoms with van der Waals surface area (Å²) in [5.41, 5.74) is 2.86. The summed E-state index contributed by atoms with van der Waals surface area (Å²) in [6, 6.07) is 11.6. The molecule has 1 aromatic heterocycles. The predicted octanol–water partition coefficient (Wildman–Crippen LogP) is 2.30. The van der Waals surface area contributed by atoms with Crippen LogP contribution in [-0.4, -0.2) is 41.3 Å². The van der Waals surface area contributed by atoms with Gasteiger partial charge in [-0.05, 0) is 23.8 Å². The van der Waals surface area contributed by atoms with Crippen LogP contribution in [0, 0.1) is 5.92 Å². The topological polar surface area (TPSA) is 53.5 Å². The summed E-state index contributed by atoms with van der Waals surface area (Å²) in [5.74, 6) is 0.852. The number of nitrogens with zero attached hydrogens (tertiary/aromatic N) is 3. The van der Waals surface area contributed by atoms with E-state index in [1.165, 1.54) is 5.56 Å². The van der Waals surface area contributed by atoms with Gasteiger partial charge in [-0.3, -0.25) is 14.6 Å². The van der Waals surface area contributed by atoms with Gasteiger partial charge in [-0.1, -0.05) is 18.2 Å². The summed E-state index contributed by atoms with van der Waals surface area (Å²) in [5, 5.41) is 0. The highest BCUT2D eigenvalue weighted by Crippen LogP contribution is 2.43. The van der Waals surface area contributed by atoms with E-state index in [2.05, 4.69) is 11.1 Å². The molecule has 24 heavy (non-hydrogen) atoms. The molecule has 1 fully saturated rings. The zero-order valence-electron chi connectivity index (χ0n) is 13.6. The Kier molecular flexibility index (Phi) is 3.56. The van der Waals surface area contributed by atoms with Crippen molar-refractivity contribution in [3.63, 3.8) is 0 Å². The third kappa shape index (κ3) is 2.37. The van der Waals surface area contributed by atoms with Crippen LogP contribution in [0.15, 0.2) is 48.8 Å². The number of para-hydroxylation sites is 1. The fraction of sp³-hybridized carbons (Fsp3) is 0.316. The van der Waals surface area contributed by atoms with E-state index >= 15 is 0 Å². The lowest BCUT2D eigenvalue weighted by Gasteiger charge is -2.42. The monoisotopic (exact) mass is 321 g/mol. The van der Waals surface area contributed by atoms with Gasteiger partial charge in [0.1, 0.15) is 0 Å². The molecule has 0 N–H and O–H groups in total. The van der Waals surface area contributed by atoms with Crippen LogP contribution < -0.4 is 4.90 Å². The van der Waals surface area contributed by atoms with Gasteiger partial charge in [0.15, 0.2) is 0 Å². The van der Waals surface area contributed by atoms with E-state index in [4.69, 9.17) is 0 Å². The lowest BCUT2D eigenvalue weighted by Crippen LogP contribution is -2.52. The Morgan fingerprint density at radius 3 is 2.46 bits per heavy atom. The van der Waals surface area contributed by atoms with Crippen molar-refractivity contribution < 1.29 is 9.59 Å². The lowest BCUT2D eigenvalue weighted by atomic mass is 9.82. The Morgan fingerprint density at radius 1 is 1.04 bits per heavy atom. The molecule has 1 atom stereocenters. The number of carbonyl (C=O) groups excluding carboxylic acids is 2. The second-order valence-corrected chi connectivity index (χ2v) is 6.50. The fourth-order valence-electron chi connectivity index (χ4n) is 3.71. The standard InChI is InChI=1S/C19H19N3O2/c1-13(23)21-10-15(11-21)17-12-22(18-5-3-2-4-16(17)18)19(24)14-6-8-20-9-7-14/h2-9,15,17H,10-12H2,1H3. The van der Waals surface area contributed by atoms with Crippen LogP contribution in [0.25, 0.3) is 0 Å². The molecule has 0 bridgehead atoms. The molecule has 0 saturated carbocycles. The van der Waals surface area contributed by atoms with Gasteiger partial charge in [-0.2, -0.15) is 0 Å². The largest absolute Gasteiger partial charge is 0.342 e. The summed E-state index contributed by atoms with van der Waals surface area (Å²) in [6.07, 6.45) is 3.28. The number of aromatic nitrogens is 1. The maximum Gasteiger partial charge on any atom is 0.258 e. The van der Waals surface area contributed by atoms with E-state index in [-0.39, 0.29) is 11.8 Å². The summed E-state index contributed by atoms with van der Waals surface area (Å²) >= 11 is 0. The van der Waals surface area contributed by atoms with E-state index < -0.39 is 0 Å². The first-order chi connectivity index (χ1) is 11.6. The first-order valence-corrected chi connectivity index (χ1v) is 8.21. The highest BCUT2D eigenvalue weighted by Gasteiger charge is 2.42. The summed E-state index contributed by atoms with van der Waals surface area (Å²) < 4.78 is 0. The molecule has 2 aliphatic heterocycles. The van der Waals surface area contributed by atoms with Crippen molar-refractivity contribution in [2.75, 3.05) is 24.5 Å². The molecule has 0 spiro atoms.